The minimum Gasteiger partial charge on any atom is -0.355 e. The molecule has 14 heavy (non-hydrogen) atoms. The quantitative estimate of drug-likeness (QED) is 0.771. The van der Waals surface area contributed by atoms with Crippen LogP contribution >= 0.6 is 11.6 Å². The summed E-state index contributed by atoms with van der Waals surface area (Å²) in [5.74, 6) is 0.348. The number of imidazole rings is 1. The van der Waals surface area contributed by atoms with Crippen LogP contribution in [0.5, 0.6) is 0 Å². The number of nitrogens with one attached hydrogen (secondary N) is 1. The lowest BCUT2D eigenvalue weighted by Crippen LogP contribution is -2.31. The van der Waals surface area contributed by atoms with Gasteiger partial charge in [0.05, 0.1) is 17.9 Å². The van der Waals surface area contributed by atoms with Gasteiger partial charge in [-0.15, -0.1) is 11.6 Å². The van der Waals surface area contributed by atoms with Crippen molar-refractivity contribution in [1.82, 2.24) is 14.9 Å². The van der Waals surface area contributed by atoms with Crippen molar-refractivity contribution in [3.63, 3.8) is 0 Å². The predicted molar refractivity (Wildman–Crippen MR) is 55.2 cm³/mol. The third-order valence-corrected chi connectivity index (χ3v) is 2.30. The molecule has 0 bridgehead atoms. The third-order valence-electron chi connectivity index (χ3n) is 2.03. The zero-order valence-electron chi connectivity index (χ0n) is 8.33. The highest BCUT2D eigenvalue weighted by molar-refractivity contribution is 6.16. The van der Waals surface area contributed by atoms with E-state index in [9.17, 15) is 4.79 Å². The Labute approximate surface area is 88.3 Å². The van der Waals surface area contributed by atoms with Crippen molar-refractivity contribution < 1.29 is 4.79 Å². The van der Waals surface area contributed by atoms with Gasteiger partial charge in [-0.3, -0.25) is 4.79 Å². The molecule has 0 spiro atoms. The maximum absolute atomic E-state index is 11.5. The van der Waals surface area contributed by atoms with E-state index in [1.165, 1.54) is 0 Å². The molecule has 0 saturated carbocycles. The van der Waals surface area contributed by atoms with Gasteiger partial charge in [0.2, 0.25) is 5.91 Å². The Hall–Kier alpha value is -1.03. The number of nitrogens with zero attached hydrogens (tertiary/aromatic N) is 2. The van der Waals surface area contributed by atoms with E-state index in [0.717, 1.165) is 5.69 Å². The van der Waals surface area contributed by atoms with Crippen molar-refractivity contribution in [2.24, 2.45) is 0 Å². The number of halogens is 1. The lowest BCUT2D eigenvalue weighted by molar-refractivity contribution is -0.123. The van der Waals surface area contributed by atoms with E-state index in [4.69, 9.17) is 11.6 Å². The first-order valence-electron chi connectivity index (χ1n) is 4.55. The van der Waals surface area contributed by atoms with E-state index in [2.05, 4.69) is 10.3 Å². The summed E-state index contributed by atoms with van der Waals surface area (Å²) in [4.78, 5) is 15.5. The first kappa shape index (κ1) is 11.0. The van der Waals surface area contributed by atoms with E-state index < -0.39 is 0 Å². The van der Waals surface area contributed by atoms with Gasteiger partial charge in [-0.1, -0.05) is 0 Å². The van der Waals surface area contributed by atoms with Crippen molar-refractivity contribution in [1.29, 1.82) is 0 Å². The van der Waals surface area contributed by atoms with Crippen molar-refractivity contribution in [3.05, 3.63) is 18.2 Å². The topological polar surface area (TPSA) is 46.9 Å². The van der Waals surface area contributed by atoms with Crippen LogP contribution in [0.25, 0.3) is 0 Å². The molecule has 78 valence electrons. The van der Waals surface area contributed by atoms with Crippen LogP contribution in [0, 0.1) is 0 Å². The number of likely N-dealkylation sites (N-methyl/N-ethyl adjacent to an activating group) is 1. The summed E-state index contributed by atoms with van der Waals surface area (Å²) < 4.78 is 1.78. The van der Waals surface area contributed by atoms with Crippen LogP contribution in [0.15, 0.2) is 12.5 Å². The van der Waals surface area contributed by atoms with E-state index in [1.807, 2.05) is 13.8 Å². The molecular weight excluding hydrogens is 202 g/mol. The highest BCUT2D eigenvalue weighted by Gasteiger charge is 2.15. The Kier molecular flexibility index (Phi) is 3.95. The number of hydrogen-bond donors (Lipinski definition) is 1. The Morgan fingerprint density at radius 2 is 2.50 bits per heavy atom. The largest absolute Gasteiger partial charge is 0.355 e. The van der Waals surface area contributed by atoms with Gasteiger partial charge in [0.15, 0.2) is 0 Å². The van der Waals surface area contributed by atoms with Crippen LogP contribution in [0.2, 0.25) is 0 Å². The highest BCUT2D eigenvalue weighted by Crippen LogP contribution is 2.11. The smallest absolute Gasteiger partial charge is 0.242 e. The standard InChI is InChI=1S/C9H14ClN3O/c1-3-12-9(14)7(2)13-6-11-5-8(13)4-10/h5-7H,3-4H2,1-2H3,(H,12,14). The molecular formula is C9H14ClN3O. The van der Waals surface area contributed by atoms with Gasteiger partial charge in [0.25, 0.3) is 0 Å². The van der Waals surface area contributed by atoms with Crippen LogP contribution < -0.4 is 5.32 Å². The number of aromatic nitrogens is 2. The zero-order valence-corrected chi connectivity index (χ0v) is 9.08. The van der Waals surface area contributed by atoms with Gasteiger partial charge in [-0.25, -0.2) is 4.98 Å². The molecule has 1 unspecified atom stereocenters. The Balaban J connectivity index is 2.77. The predicted octanol–water partition coefficient (Wildman–Crippen LogP) is 1.32. The van der Waals surface area contributed by atoms with Crippen molar-refractivity contribution in [3.8, 4) is 0 Å². The molecule has 0 aromatic carbocycles. The summed E-state index contributed by atoms with van der Waals surface area (Å²) in [7, 11) is 0. The highest BCUT2D eigenvalue weighted by atomic mass is 35.5. The van der Waals surface area contributed by atoms with Gasteiger partial charge in [0.1, 0.15) is 6.04 Å². The van der Waals surface area contributed by atoms with Crippen LogP contribution in [0.4, 0.5) is 0 Å². The average Bonchev–Trinajstić information content (AvgIpc) is 2.64. The van der Waals surface area contributed by atoms with Gasteiger partial charge in [-0.2, -0.15) is 0 Å². The Morgan fingerprint density at radius 3 is 3.07 bits per heavy atom. The van der Waals surface area contributed by atoms with Crippen molar-refractivity contribution in [2.75, 3.05) is 6.54 Å². The van der Waals surface area contributed by atoms with E-state index >= 15 is 0 Å². The molecule has 5 heteroatoms. The molecule has 1 amide bonds. The number of carbonyl (C=O) groups excluding carboxylic acids is 1. The molecule has 0 radical (unpaired) electrons. The molecule has 0 aliphatic carbocycles. The van der Waals surface area contributed by atoms with Crippen LogP contribution in [0.3, 0.4) is 0 Å². The van der Waals surface area contributed by atoms with Crippen LogP contribution in [-0.2, 0) is 10.7 Å². The maximum atomic E-state index is 11.5. The summed E-state index contributed by atoms with van der Waals surface area (Å²) in [6.07, 6.45) is 3.29. The molecule has 1 heterocycles. The average molecular weight is 216 g/mol. The fraction of sp³-hybridized carbons (Fsp3) is 0.556. The van der Waals surface area contributed by atoms with Crippen LogP contribution in [-0.4, -0.2) is 22.0 Å². The molecule has 1 rings (SSSR count). The molecule has 1 N–H and O–H groups in total. The number of alkyl halides is 1. The second-order valence-corrected chi connectivity index (χ2v) is 3.26. The van der Waals surface area contributed by atoms with Crippen molar-refractivity contribution >= 4 is 17.5 Å². The molecule has 0 fully saturated rings. The molecule has 0 aliphatic heterocycles. The molecule has 0 saturated heterocycles. The van der Waals surface area contributed by atoms with Gasteiger partial charge in [-0.05, 0) is 13.8 Å². The zero-order chi connectivity index (χ0) is 10.6. The first-order chi connectivity index (χ1) is 6.70. The van der Waals surface area contributed by atoms with Gasteiger partial charge in [0, 0.05) is 12.7 Å². The minimum absolute atomic E-state index is 0.0168. The first-order valence-corrected chi connectivity index (χ1v) is 5.08. The summed E-state index contributed by atoms with van der Waals surface area (Å²) in [6.45, 7) is 4.35. The van der Waals surface area contributed by atoms with E-state index in [-0.39, 0.29) is 11.9 Å². The number of carbonyl (C=O) groups is 1. The SMILES string of the molecule is CCNC(=O)C(C)n1cncc1CCl. The van der Waals surface area contributed by atoms with Gasteiger partial charge < -0.3 is 9.88 Å². The monoisotopic (exact) mass is 215 g/mol. The molecule has 0 aliphatic rings. The molecule has 1 atom stereocenters. The number of rotatable bonds is 4. The summed E-state index contributed by atoms with van der Waals surface area (Å²) >= 11 is 5.71. The number of amides is 1. The van der Waals surface area contributed by atoms with Gasteiger partial charge >= 0.3 is 0 Å². The molecule has 1 aromatic heterocycles. The van der Waals surface area contributed by atoms with Crippen LogP contribution in [0.1, 0.15) is 25.6 Å². The normalized spacial score (nSPS) is 12.5. The second-order valence-electron chi connectivity index (χ2n) is 3.00. The minimum atomic E-state index is -0.258. The summed E-state index contributed by atoms with van der Waals surface area (Å²) in [6, 6.07) is -0.258. The third kappa shape index (κ3) is 2.26. The molecule has 1 aromatic rings. The number of hydrogen-bond acceptors (Lipinski definition) is 2. The lowest BCUT2D eigenvalue weighted by Gasteiger charge is -2.14. The van der Waals surface area contributed by atoms with E-state index in [0.29, 0.717) is 12.4 Å². The lowest BCUT2D eigenvalue weighted by atomic mass is 10.3. The summed E-state index contributed by atoms with van der Waals surface area (Å²) in [5.41, 5.74) is 0.852. The fourth-order valence-electron chi connectivity index (χ4n) is 1.23. The maximum Gasteiger partial charge on any atom is 0.242 e. The second kappa shape index (κ2) is 5.00. The Bertz CT molecular complexity index is 311. The summed E-state index contributed by atoms with van der Waals surface area (Å²) in [5, 5.41) is 2.75. The van der Waals surface area contributed by atoms with Crippen molar-refractivity contribution in [2.45, 2.75) is 25.8 Å². The fourth-order valence-corrected chi connectivity index (χ4v) is 1.44. The van der Waals surface area contributed by atoms with E-state index in [1.54, 1.807) is 17.1 Å². The Morgan fingerprint density at radius 1 is 1.79 bits per heavy atom. The molecule has 4 nitrogen and oxygen atoms in total.